The molecule has 0 heterocycles. The molecule has 0 atom stereocenters. The van der Waals surface area contributed by atoms with Crippen LogP contribution in [0.2, 0.25) is 0 Å². The Bertz CT molecular complexity index is 601. The van der Waals surface area contributed by atoms with E-state index in [4.69, 9.17) is 0 Å². The number of rotatable bonds is 8. The molecule has 0 aliphatic carbocycles. The minimum absolute atomic E-state index is 0.215. The number of para-hydroxylation sites is 1. The highest BCUT2D eigenvalue weighted by Crippen LogP contribution is 2.33. The third kappa shape index (κ3) is 3.92. The van der Waals surface area contributed by atoms with E-state index in [0.717, 1.165) is 10.7 Å². The molecule has 0 aliphatic heterocycles. The maximum atomic E-state index is 12.5. The van der Waals surface area contributed by atoms with Gasteiger partial charge in [0, 0.05) is 20.1 Å². The SMILES string of the molecule is CCCCN(C)S(=O)(=O)c1cccc(NCC)c1[N+](=O)[O-]. The molecule has 1 aromatic rings. The van der Waals surface area contributed by atoms with E-state index in [2.05, 4.69) is 5.32 Å². The van der Waals surface area contributed by atoms with E-state index in [1.165, 1.54) is 25.2 Å². The Balaban J connectivity index is 3.35. The van der Waals surface area contributed by atoms with Gasteiger partial charge in [0.2, 0.25) is 10.0 Å². The number of hydrogen-bond donors (Lipinski definition) is 1. The van der Waals surface area contributed by atoms with Crippen LogP contribution in [0, 0.1) is 10.1 Å². The van der Waals surface area contributed by atoms with Crippen LogP contribution in [0.25, 0.3) is 0 Å². The molecule has 0 saturated heterocycles. The second-order valence-electron chi connectivity index (χ2n) is 4.62. The van der Waals surface area contributed by atoms with E-state index in [0.29, 0.717) is 19.5 Å². The summed E-state index contributed by atoms with van der Waals surface area (Å²) in [6.45, 7) is 4.55. The summed E-state index contributed by atoms with van der Waals surface area (Å²) in [7, 11) is -2.44. The van der Waals surface area contributed by atoms with Crippen molar-refractivity contribution in [3.8, 4) is 0 Å². The number of anilines is 1. The topological polar surface area (TPSA) is 92.6 Å². The molecule has 118 valence electrons. The number of nitro benzene ring substituents is 1. The summed E-state index contributed by atoms with van der Waals surface area (Å²) in [4.78, 5) is 10.4. The molecule has 1 aromatic carbocycles. The maximum Gasteiger partial charge on any atom is 0.312 e. The summed E-state index contributed by atoms with van der Waals surface area (Å²) in [5.74, 6) is 0. The van der Waals surface area contributed by atoms with Gasteiger partial charge in [-0.25, -0.2) is 12.7 Å². The fraction of sp³-hybridized carbons (Fsp3) is 0.538. The van der Waals surface area contributed by atoms with Gasteiger partial charge in [-0.3, -0.25) is 10.1 Å². The first kappa shape index (κ1) is 17.4. The average molecular weight is 315 g/mol. The van der Waals surface area contributed by atoms with Crippen LogP contribution in [0.3, 0.4) is 0 Å². The standard InChI is InChI=1S/C13H21N3O4S/c1-4-6-10-15(3)21(19,20)12-9-7-8-11(14-5-2)13(12)16(17)18/h7-9,14H,4-6,10H2,1-3H3. The van der Waals surface area contributed by atoms with Gasteiger partial charge in [0.25, 0.3) is 0 Å². The third-order valence-electron chi connectivity index (χ3n) is 3.06. The molecule has 0 amide bonds. The van der Waals surface area contributed by atoms with Crippen molar-refractivity contribution in [2.24, 2.45) is 0 Å². The smallest absolute Gasteiger partial charge is 0.312 e. The van der Waals surface area contributed by atoms with E-state index in [9.17, 15) is 18.5 Å². The minimum Gasteiger partial charge on any atom is -0.380 e. The lowest BCUT2D eigenvalue weighted by atomic mass is 10.2. The molecule has 0 aromatic heterocycles. The Morgan fingerprint density at radius 1 is 1.33 bits per heavy atom. The molecule has 1 N–H and O–H groups in total. The highest BCUT2D eigenvalue weighted by molar-refractivity contribution is 7.89. The second-order valence-corrected chi connectivity index (χ2v) is 6.63. The van der Waals surface area contributed by atoms with Crippen molar-refractivity contribution in [1.82, 2.24) is 4.31 Å². The number of nitrogens with one attached hydrogen (secondary N) is 1. The summed E-state index contributed by atoms with van der Waals surface area (Å²) in [5.41, 5.74) is -0.185. The minimum atomic E-state index is -3.88. The molecule has 8 heteroatoms. The molecule has 7 nitrogen and oxygen atoms in total. The van der Waals surface area contributed by atoms with Crippen molar-refractivity contribution in [2.45, 2.75) is 31.6 Å². The number of unbranched alkanes of at least 4 members (excludes halogenated alkanes) is 1. The van der Waals surface area contributed by atoms with Crippen LogP contribution in [0.4, 0.5) is 11.4 Å². The fourth-order valence-corrected chi connectivity index (χ4v) is 3.31. The Kier molecular flexibility index (Phi) is 6.10. The second kappa shape index (κ2) is 7.37. The van der Waals surface area contributed by atoms with Gasteiger partial charge in [-0.1, -0.05) is 19.4 Å². The summed E-state index contributed by atoms with van der Waals surface area (Å²) in [5, 5.41) is 14.1. The first-order valence-electron chi connectivity index (χ1n) is 6.83. The van der Waals surface area contributed by atoms with Crippen LogP contribution >= 0.6 is 0 Å². The van der Waals surface area contributed by atoms with E-state index in [-0.39, 0.29) is 10.6 Å². The van der Waals surface area contributed by atoms with Crippen molar-refractivity contribution in [2.75, 3.05) is 25.5 Å². The van der Waals surface area contributed by atoms with Crippen LogP contribution in [0.5, 0.6) is 0 Å². The number of nitro groups is 1. The predicted octanol–water partition coefficient (Wildman–Crippen LogP) is 2.45. The number of hydrogen-bond acceptors (Lipinski definition) is 5. The van der Waals surface area contributed by atoms with E-state index < -0.39 is 20.6 Å². The lowest BCUT2D eigenvalue weighted by Gasteiger charge is -2.17. The predicted molar refractivity (Wildman–Crippen MR) is 82.0 cm³/mol. The van der Waals surface area contributed by atoms with Gasteiger partial charge >= 0.3 is 5.69 Å². The van der Waals surface area contributed by atoms with Crippen LogP contribution in [-0.4, -0.2) is 37.8 Å². The molecule has 0 saturated carbocycles. The molecule has 0 radical (unpaired) electrons. The van der Waals surface area contributed by atoms with E-state index in [1.807, 2.05) is 6.92 Å². The van der Waals surface area contributed by atoms with Crippen molar-refractivity contribution < 1.29 is 13.3 Å². The summed E-state index contributed by atoms with van der Waals surface area (Å²) in [6, 6.07) is 4.29. The van der Waals surface area contributed by atoms with Crippen molar-refractivity contribution in [1.29, 1.82) is 0 Å². The summed E-state index contributed by atoms with van der Waals surface area (Å²) < 4.78 is 26.2. The Morgan fingerprint density at radius 3 is 2.52 bits per heavy atom. The van der Waals surface area contributed by atoms with Gasteiger partial charge in [-0.05, 0) is 25.5 Å². The fourth-order valence-electron chi connectivity index (χ4n) is 1.92. The van der Waals surface area contributed by atoms with Crippen LogP contribution < -0.4 is 5.32 Å². The zero-order chi connectivity index (χ0) is 16.0. The Hall–Kier alpha value is -1.67. The maximum absolute atomic E-state index is 12.5. The van der Waals surface area contributed by atoms with Crippen LogP contribution in [0.1, 0.15) is 26.7 Å². The molecule has 1 rings (SSSR count). The number of sulfonamides is 1. The van der Waals surface area contributed by atoms with Gasteiger partial charge in [-0.15, -0.1) is 0 Å². The lowest BCUT2D eigenvalue weighted by Crippen LogP contribution is -2.28. The Morgan fingerprint density at radius 2 is 2.00 bits per heavy atom. The zero-order valence-electron chi connectivity index (χ0n) is 12.5. The molecular formula is C13H21N3O4S. The quantitative estimate of drug-likeness (QED) is 0.587. The molecule has 0 aliphatic rings. The summed E-state index contributed by atoms with van der Waals surface area (Å²) >= 11 is 0. The molecule has 0 spiro atoms. The lowest BCUT2D eigenvalue weighted by molar-refractivity contribution is -0.386. The normalized spacial score (nSPS) is 11.6. The summed E-state index contributed by atoms with van der Waals surface area (Å²) in [6.07, 6.45) is 1.55. The Labute approximate surface area is 125 Å². The van der Waals surface area contributed by atoms with E-state index in [1.54, 1.807) is 6.92 Å². The molecule has 21 heavy (non-hydrogen) atoms. The highest BCUT2D eigenvalue weighted by Gasteiger charge is 2.31. The van der Waals surface area contributed by atoms with E-state index >= 15 is 0 Å². The van der Waals surface area contributed by atoms with Crippen LogP contribution in [-0.2, 0) is 10.0 Å². The first-order valence-corrected chi connectivity index (χ1v) is 8.27. The molecule has 0 fully saturated rings. The number of nitrogens with zero attached hydrogens (tertiary/aromatic N) is 2. The zero-order valence-corrected chi connectivity index (χ0v) is 13.3. The van der Waals surface area contributed by atoms with Gasteiger partial charge in [0.1, 0.15) is 5.69 Å². The van der Waals surface area contributed by atoms with Crippen molar-refractivity contribution >= 4 is 21.4 Å². The first-order chi connectivity index (χ1) is 9.86. The van der Waals surface area contributed by atoms with Gasteiger partial charge < -0.3 is 5.32 Å². The van der Waals surface area contributed by atoms with Gasteiger partial charge in [-0.2, -0.15) is 0 Å². The average Bonchev–Trinajstić information content (AvgIpc) is 2.44. The molecule has 0 bridgehead atoms. The number of benzene rings is 1. The van der Waals surface area contributed by atoms with Gasteiger partial charge in [0.15, 0.2) is 4.90 Å². The van der Waals surface area contributed by atoms with Crippen molar-refractivity contribution in [3.63, 3.8) is 0 Å². The third-order valence-corrected chi connectivity index (χ3v) is 4.95. The molecular weight excluding hydrogens is 294 g/mol. The van der Waals surface area contributed by atoms with Crippen molar-refractivity contribution in [3.05, 3.63) is 28.3 Å². The van der Waals surface area contributed by atoms with Gasteiger partial charge in [0.05, 0.1) is 4.92 Å². The molecule has 0 unspecified atom stereocenters. The highest BCUT2D eigenvalue weighted by atomic mass is 32.2. The van der Waals surface area contributed by atoms with Crippen LogP contribution in [0.15, 0.2) is 23.1 Å². The monoisotopic (exact) mass is 315 g/mol. The largest absolute Gasteiger partial charge is 0.380 e.